The molecule has 1 saturated carbocycles. The van der Waals surface area contributed by atoms with Gasteiger partial charge >= 0.3 is 6.09 Å². The smallest absolute Gasteiger partial charge is 0.410 e. The molecule has 1 N–H and O–H groups in total. The Morgan fingerprint density at radius 1 is 1.15 bits per heavy atom. The summed E-state index contributed by atoms with van der Waals surface area (Å²) in [6.45, 7) is 7.14. The van der Waals surface area contributed by atoms with Gasteiger partial charge in [0.05, 0.1) is 23.3 Å². The lowest BCUT2D eigenvalue weighted by Gasteiger charge is -2.36. The predicted octanol–water partition coefficient (Wildman–Crippen LogP) is 4.87. The van der Waals surface area contributed by atoms with Crippen LogP contribution in [-0.4, -0.2) is 68.4 Å². The molecule has 1 saturated heterocycles. The first-order valence-electron chi connectivity index (χ1n) is 13.6. The normalized spacial score (nSPS) is 20.1. The Hall–Kier alpha value is -3.94. The first-order valence-corrected chi connectivity index (χ1v) is 13.6. The van der Waals surface area contributed by atoms with E-state index >= 15 is 4.39 Å². The third-order valence-electron chi connectivity index (χ3n) is 7.30. The summed E-state index contributed by atoms with van der Waals surface area (Å²) in [4.78, 5) is 25.4. The van der Waals surface area contributed by atoms with Crippen LogP contribution >= 0.6 is 0 Å². The number of rotatable bonds is 5. The van der Waals surface area contributed by atoms with Gasteiger partial charge in [0.15, 0.2) is 17.5 Å². The number of carbonyl (C=O) groups is 1. The fourth-order valence-corrected chi connectivity index (χ4v) is 5.23. The number of ether oxygens (including phenoxy) is 1. The maximum Gasteiger partial charge on any atom is 0.410 e. The summed E-state index contributed by atoms with van der Waals surface area (Å²) >= 11 is 0. The van der Waals surface area contributed by atoms with Crippen molar-refractivity contribution in [3.05, 3.63) is 36.4 Å². The van der Waals surface area contributed by atoms with Crippen LogP contribution in [0.25, 0.3) is 16.9 Å². The molecule has 0 spiro atoms. The van der Waals surface area contributed by atoms with Crippen LogP contribution in [0.2, 0.25) is 0 Å². The molecule has 0 bridgehead atoms. The molecule has 4 heterocycles. The Morgan fingerprint density at radius 3 is 2.59 bits per heavy atom. The number of piperazine rings is 1. The highest BCUT2D eigenvalue weighted by atomic mass is 19.1. The Morgan fingerprint density at radius 2 is 1.90 bits per heavy atom. The number of pyridine rings is 1. The Balaban J connectivity index is 1.42. The lowest BCUT2D eigenvalue weighted by Crippen LogP contribution is -2.50. The number of nitrogens with one attached hydrogen (secondary N) is 1. The summed E-state index contributed by atoms with van der Waals surface area (Å²) in [5.74, 6) is 0.667. The summed E-state index contributed by atoms with van der Waals surface area (Å²) in [7, 11) is 0. The summed E-state index contributed by atoms with van der Waals surface area (Å²) in [6, 6.07) is 8.07. The van der Waals surface area contributed by atoms with Crippen LogP contribution in [0.4, 0.5) is 20.8 Å². The topological polar surface area (TPSA) is 112 Å². The molecule has 0 radical (unpaired) electrons. The quantitative estimate of drug-likeness (QED) is 0.493. The number of hydrogen-bond acceptors (Lipinski definition) is 8. The van der Waals surface area contributed by atoms with Gasteiger partial charge in [0.2, 0.25) is 5.82 Å². The molecular formula is C28H35FN8O2. The lowest BCUT2D eigenvalue weighted by molar-refractivity contribution is 0.0240. The molecule has 0 atom stereocenters. The van der Waals surface area contributed by atoms with Crippen LogP contribution in [0.5, 0.6) is 0 Å². The number of amides is 1. The highest BCUT2D eigenvalue weighted by Crippen LogP contribution is 2.33. The minimum Gasteiger partial charge on any atom is -0.444 e. The largest absolute Gasteiger partial charge is 0.444 e. The van der Waals surface area contributed by atoms with E-state index in [0.29, 0.717) is 49.9 Å². The van der Waals surface area contributed by atoms with Crippen LogP contribution in [-0.2, 0) is 4.74 Å². The van der Waals surface area contributed by atoms with E-state index in [0.717, 1.165) is 31.2 Å². The van der Waals surface area contributed by atoms with E-state index < -0.39 is 11.4 Å². The standard InChI is InChI=1S/C28H35FN8O2/c1-28(2,3)39-27(38)36-16-14-35(15-17-36)26-23(29)25(32-20-9-7-19(8-10-20)11-12-30)33-24(34-26)21-18-31-37-13-5-4-6-22(21)37/h4-6,13,18-20H,7-11,14-17H2,1-3H3,(H,32,33,34). The van der Waals surface area contributed by atoms with Gasteiger partial charge in [0.1, 0.15) is 5.60 Å². The molecule has 2 aliphatic rings. The van der Waals surface area contributed by atoms with Crippen LogP contribution in [0.1, 0.15) is 52.9 Å². The first-order chi connectivity index (χ1) is 18.7. The molecule has 206 valence electrons. The summed E-state index contributed by atoms with van der Waals surface area (Å²) < 4.78 is 23.3. The predicted molar refractivity (Wildman–Crippen MR) is 146 cm³/mol. The van der Waals surface area contributed by atoms with Gasteiger partial charge in [-0.25, -0.2) is 19.3 Å². The van der Waals surface area contributed by atoms with Crippen LogP contribution in [0.15, 0.2) is 30.6 Å². The number of halogens is 1. The first kappa shape index (κ1) is 26.7. The van der Waals surface area contributed by atoms with Gasteiger partial charge in [-0.3, -0.25) is 0 Å². The van der Waals surface area contributed by atoms with E-state index in [9.17, 15) is 4.79 Å². The number of aromatic nitrogens is 4. The molecule has 39 heavy (non-hydrogen) atoms. The SMILES string of the molecule is CC(C)(C)OC(=O)N1CCN(c2nc(-c3cnn4ccccc34)nc(NC3CCC(CC#N)CC3)c2F)CC1. The van der Waals surface area contributed by atoms with E-state index in [1.54, 1.807) is 15.6 Å². The van der Waals surface area contributed by atoms with Gasteiger partial charge < -0.3 is 19.9 Å². The van der Waals surface area contributed by atoms with Crippen molar-refractivity contribution in [2.45, 2.75) is 64.5 Å². The Labute approximate surface area is 227 Å². The second-order valence-corrected chi connectivity index (χ2v) is 11.3. The third-order valence-corrected chi connectivity index (χ3v) is 7.30. The van der Waals surface area contributed by atoms with Crippen LogP contribution < -0.4 is 10.2 Å². The maximum atomic E-state index is 16.0. The molecule has 0 aromatic carbocycles. The van der Waals surface area contributed by atoms with Crippen LogP contribution in [0.3, 0.4) is 0 Å². The average Bonchev–Trinajstić information content (AvgIpc) is 3.34. The van der Waals surface area contributed by atoms with Crippen LogP contribution in [0, 0.1) is 23.1 Å². The fraction of sp³-hybridized carbons (Fsp3) is 0.536. The Bertz CT molecular complexity index is 1360. The molecule has 10 nitrogen and oxygen atoms in total. The summed E-state index contributed by atoms with van der Waals surface area (Å²) in [5, 5.41) is 16.8. The molecule has 1 aliphatic carbocycles. The van der Waals surface area contributed by atoms with E-state index in [1.807, 2.05) is 50.1 Å². The van der Waals surface area contributed by atoms with Gasteiger partial charge in [-0.15, -0.1) is 0 Å². The summed E-state index contributed by atoms with van der Waals surface area (Å²) in [5.41, 5.74) is 0.961. The zero-order valence-corrected chi connectivity index (χ0v) is 22.7. The van der Waals surface area contributed by atoms with Gasteiger partial charge in [0.25, 0.3) is 0 Å². The highest BCUT2D eigenvalue weighted by molar-refractivity contribution is 5.77. The molecule has 0 unspecified atom stereocenters. The highest BCUT2D eigenvalue weighted by Gasteiger charge is 2.30. The van der Waals surface area contributed by atoms with Crippen molar-refractivity contribution < 1.29 is 13.9 Å². The van der Waals surface area contributed by atoms with Crippen molar-refractivity contribution in [1.82, 2.24) is 24.5 Å². The Kier molecular flexibility index (Phi) is 7.55. The second kappa shape index (κ2) is 11.0. The van der Waals surface area contributed by atoms with Crippen molar-refractivity contribution >= 4 is 23.2 Å². The molecule has 3 aromatic rings. The summed E-state index contributed by atoms with van der Waals surface area (Å²) in [6.07, 6.45) is 7.30. The van der Waals surface area contributed by atoms with Gasteiger partial charge in [-0.1, -0.05) is 6.07 Å². The molecule has 5 rings (SSSR count). The van der Waals surface area contributed by atoms with E-state index in [2.05, 4.69) is 26.5 Å². The van der Waals surface area contributed by atoms with E-state index in [-0.39, 0.29) is 23.8 Å². The van der Waals surface area contributed by atoms with Crippen molar-refractivity contribution in [1.29, 1.82) is 5.26 Å². The monoisotopic (exact) mass is 534 g/mol. The number of nitrogens with zero attached hydrogens (tertiary/aromatic N) is 7. The number of carbonyl (C=O) groups excluding carboxylic acids is 1. The van der Waals surface area contributed by atoms with E-state index in [4.69, 9.17) is 10.00 Å². The minimum atomic E-state index is -0.579. The number of hydrogen-bond donors (Lipinski definition) is 1. The second-order valence-electron chi connectivity index (χ2n) is 11.3. The molecular weight excluding hydrogens is 499 g/mol. The van der Waals surface area contributed by atoms with E-state index in [1.165, 1.54) is 0 Å². The fourth-order valence-electron chi connectivity index (χ4n) is 5.23. The maximum absolute atomic E-state index is 16.0. The number of fused-ring (bicyclic) bond motifs is 1. The molecule has 1 aliphatic heterocycles. The van der Waals surface area contributed by atoms with Crippen molar-refractivity contribution in [3.8, 4) is 17.5 Å². The average molecular weight is 535 g/mol. The molecule has 3 aromatic heterocycles. The van der Waals surface area contributed by atoms with Crippen molar-refractivity contribution in [2.24, 2.45) is 5.92 Å². The number of nitriles is 1. The molecule has 1 amide bonds. The van der Waals surface area contributed by atoms with Crippen molar-refractivity contribution in [2.75, 3.05) is 36.4 Å². The zero-order valence-electron chi connectivity index (χ0n) is 22.7. The zero-order chi connectivity index (χ0) is 27.6. The third kappa shape index (κ3) is 6.05. The lowest BCUT2D eigenvalue weighted by atomic mass is 9.84. The number of anilines is 2. The van der Waals surface area contributed by atoms with Crippen molar-refractivity contribution in [3.63, 3.8) is 0 Å². The van der Waals surface area contributed by atoms with Gasteiger partial charge in [0, 0.05) is 44.8 Å². The molecule has 2 fully saturated rings. The van der Waals surface area contributed by atoms with Gasteiger partial charge in [-0.05, 0) is 64.5 Å². The van der Waals surface area contributed by atoms with Gasteiger partial charge in [-0.2, -0.15) is 14.8 Å². The minimum absolute atomic E-state index is 0.0676. The molecule has 11 heteroatoms.